The fourth-order valence-electron chi connectivity index (χ4n) is 3.22. The minimum atomic E-state index is 0. The van der Waals surface area contributed by atoms with Gasteiger partial charge >= 0.3 is 0 Å². The summed E-state index contributed by atoms with van der Waals surface area (Å²) in [6.07, 6.45) is 4.45. The van der Waals surface area contributed by atoms with Crippen LogP contribution in [0.1, 0.15) is 61.8 Å². The number of nitrogens with zero attached hydrogens (tertiary/aromatic N) is 2. The smallest absolute Gasteiger partial charge is 0.135 e. The van der Waals surface area contributed by atoms with Crippen LogP contribution in [-0.2, 0) is 20.4 Å². The van der Waals surface area contributed by atoms with Gasteiger partial charge in [0, 0.05) is 26.8 Å². The predicted octanol–water partition coefficient (Wildman–Crippen LogP) is 7.37. The molecule has 2 rings (SSSR count). The molecule has 0 saturated heterocycles. The van der Waals surface area contributed by atoms with E-state index in [0.29, 0.717) is 0 Å². The van der Waals surface area contributed by atoms with E-state index < -0.39 is 0 Å². The summed E-state index contributed by atoms with van der Waals surface area (Å²) in [6.45, 7) is 12.6. The van der Waals surface area contributed by atoms with E-state index in [1.807, 2.05) is 6.92 Å². The summed E-state index contributed by atoms with van der Waals surface area (Å²) in [5, 5.41) is 0. The van der Waals surface area contributed by atoms with Gasteiger partial charge in [-0.1, -0.05) is 37.8 Å². The zero-order chi connectivity index (χ0) is 20.5. The van der Waals surface area contributed by atoms with Crippen LogP contribution in [0.3, 0.4) is 0 Å². The normalized spacial score (nSPS) is 11.5. The first-order chi connectivity index (χ1) is 13.4. The number of rotatable bonds is 6. The van der Waals surface area contributed by atoms with Crippen molar-refractivity contribution in [2.75, 3.05) is 0 Å². The number of hydrogen-bond acceptors (Lipinski definition) is 2. The molecule has 0 unspecified atom stereocenters. The van der Waals surface area contributed by atoms with Crippen molar-refractivity contribution in [3.63, 3.8) is 0 Å². The summed E-state index contributed by atoms with van der Waals surface area (Å²) < 4.78 is 0. The number of benzene rings is 2. The standard InChI is InChI=1S/C26H32N2.Pd/c1-7-8-9-10-11-12-26(28-25-17-21(4)14-22(5)18-25)23(6)27-24-15-19(2)13-20(3)16-24;/h13-18H,7-10H2,1-6H3;/b27-23+,28-26+;. The van der Waals surface area contributed by atoms with Gasteiger partial charge in [0.2, 0.25) is 0 Å². The Labute approximate surface area is 190 Å². The summed E-state index contributed by atoms with van der Waals surface area (Å²) in [5.74, 6) is 6.58. The van der Waals surface area contributed by atoms with E-state index in [2.05, 4.69) is 82.9 Å². The van der Waals surface area contributed by atoms with Crippen LogP contribution in [0.5, 0.6) is 0 Å². The molecule has 0 bridgehead atoms. The van der Waals surface area contributed by atoms with Crippen molar-refractivity contribution < 1.29 is 20.4 Å². The van der Waals surface area contributed by atoms with Gasteiger partial charge in [-0.25, -0.2) is 4.99 Å². The van der Waals surface area contributed by atoms with Gasteiger partial charge in [0.25, 0.3) is 0 Å². The summed E-state index contributed by atoms with van der Waals surface area (Å²) in [4.78, 5) is 9.67. The monoisotopic (exact) mass is 478 g/mol. The second-order valence-corrected chi connectivity index (χ2v) is 7.61. The molecule has 3 heteroatoms. The van der Waals surface area contributed by atoms with Gasteiger partial charge in [-0.2, -0.15) is 0 Å². The van der Waals surface area contributed by atoms with Crippen molar-refractivity contribution in [1.82, 2.24) is 0 Å². The van der Waals surface area contributed by atoms with Crippen LogP contribution in [-0.4, -0.2) is 11.4 Å². The third kappa shape index (κ3) is 8.91. The van der Waals surface area contributed by atoms with E-state index in [9.17, 15) is 0 Å². The van der Waals surface area contributed by atoms with Gasteiger partial charge in [0.05, 0.1) is 17.1 Å². The predicted molar refractivity (Wildman–Crippen MR) is 124 cm³/mol. The van der Waals surface area contributed by atoms with E-state index in [0.717, 1.165) is 35.6 Å². The van der Waals surface area contributed by atoms with Crippen molar-refractivity contribution in [1.29, 1.82) is 0 Å². The molecule has 0 spiro atoms. The molecule has 0 radical (unpaired) electrons. The van der Waals surface area contributed by atoms with Gasteiger partial charge < -0.3 is 0 Å². The quantitative estimate of drug-likeness (QED) is 0.179. The number of unbranched alkanes of at least 4 members (excludes halogenated alkanes) is 3. The molecule has 0 aliphatic carbocycles. The van der Waals surface area contributed by atoms with Crippen molar-refractivity contribution in [2.45, 2.75) is 67.2 Å². The van der Waals surface area contributed by atoms with E-state index in [4.69, 9.17) is 9.98 Å². The van der Waals surface area contributed by atoms with Crippen molar-refractivity contribution in [2.24, 2.45) is 9.98 Å². The maximum atomic E-state index is 4.85. The number of hydrogen-bond donors (Lipinski definition) is 0. The summed E-state index contributed by atoms with van der Waals surface area (Å²) in [7, 11) is 0. The largest absolute Gasteiger partial charge is 0.251 e. The molecular formula is C26H32N2Pd. The molecule has 29 heavy (non-hydrogen) atoms. The molecular weight excluding hydrogens is 447 g/mol. The second-order valence-electron chi connectivity index (χ2n) is 7.61. The van der Waals surface area contributed by atoms with Crippen LogP contribution >= 0.6 is 0 Å². The Hall–Kier alpha value is -2.00. The summed E-state index contributed by atoms with van der Waals surface area (Å²) in [6, 6.07) is 12.7. The SMILES string of the molecule is CCCCCC#CC(=N\c1cc(C)cc(C)c1)/C(C)=N/c1cc(C)cc(C)c1.[Pd]. The summed E-state index contributed by atoms with van der Waals surface area (Å²) >= 11 is 0. The molecule has 0 heterocycles. The van der Waals surface area contributed by atoms with E-state index >= 15 is 0 Å². The minimum Gasteiger partial charge on any atom is -0.251 e. The molecule has 2 aromatic carbocycles. The maximum absolute atomic E-state index is 4.85. The first kappa shape index (κ1) is 25.0. The van der Waals surface area contributed by atoms with Crippen LogP contribution in [0.2, 0.25) is 0 Å². The molecule has 0 aromatic heterocycles. The van der Waals surface area contributed by atoms with Gasteiger partial charge in [-0.3, -0.25) is 4.99 Å². The molecule has 0 amide bonds. The maximum Gasteiger partial charge on any atom is 0.135 e. The first-order valence-electron chi connectivity index (χ1n) is 10.2. The van der Waals surface area contributed by atoms with Crippen LogP contribution in [0.25, 0.3) is 0 Å². The van der Waals surface area contributed by atoms with Gasteiger partial charge in [0.1, 0.15) is 5.71 Å². The fraction of sp³-hybridized carbons (Fsp3) is 0.385. The number of aryl methyl sites for hydroxylation is 4. The first-order valence-corrected chi connectivity index (χ1v) is 10.2. The molecule has 0 saturated carbocycles. The van der Waals surface area contributed by atoms with Crippen LogP contribution in [0.4, 0.5) is 11.4 Å². The Bertz CT molecular complexity index is 902. The molecule has 156 valence electrons. The Morgan fingerprint density at radius 2 is 1.24 bits per heavy atom. The van der Waals surface area contributed by atoms with Gasteiger partial charge in [-0.05, 0) is 93.5 Å². The van der Waals surface area contributed by atoms with Crippen LogP contribution < -0.4 is 0 Å². The van der Waals surface area contributed by atoms with Crippen molar-refractivity contribution in [3.05, 3.63) is 58.7 Å². The van der Waals surface area contributed by atoms with Crippen molar-refractivity contribution >= 4 is 22.8 Å². The van der Waals surface area contributed by atoms with E-state index in [1.54, 1.807) is 0 Å². The Morgan fingerprint density at radius 3 is 1.72 bits per heavy atom. The second kappa shape index (κ2) is 12.5. The average molecular weight is 479 g/mol. The average Bonchev–Trinajstić information content (AvgIpc) is 2.58. The van der Waals surface area contributed by atoms with Crippen molar-refractivity contribution in [3.8, 4) is 11.8 Å². The molecule has 0 fully saturated rings. The zero-order valence-electron chi connectivity index (χ0n) is 18.5. The molecule has 2 aromatic rings. The summed E-state index contributed by atoms with van der Waals surface area (Å²) in [5.41, 5.74) is 8.33. The molecule has 0 aliphatic rings. The molecule has 0 N–H and O–H groups in total. The molecule has 0 aliphatic heterocycles. The van der Waals surface area contributed by atoms with E-state index in [-0.39, 0.29) is 20.4 Å². The zero-order valence-corrected chi connectivity index (χ0v) is 20.1. The Kier molecular flexibility index (Phi) is 10.8. The van der Waals surface area contributed by atoms with Crippen LogP contribution in [0, 0.1) is 39.5 Å². The third-order valence-corrected chi connectivity index (χ3v) is 4.41. The van der Waals surface area contributed by atoms with Gasteiger partial charge in [-0.15, -0.1) is 0 Å². The number of aliphatic imine (C=N–C) groups is 2. The minimum absolute atomic E-state index is 0. The van der Waals surface area contributed by atoms with Crippen LogP contribution in [0.15, 0.2) is 46.4 Å². The molecule has 0 atom stereocenters. The third-order valence-electron chi connectivity index (χ3n) is 4.41. The molecule has 2 nitrogen and oxygen atoms in total. The Morgan fingerprint density at radius 1 is 0.759 bits per heavy atom. The Balaban J connectivity index is 0.00000420. The fourth-order valence-corrected chi connectivity index (χ4v) is 3.22. The topological polar surface area (TPSA) is 24.7 Å². The van der Waals surface area contributed by atoms with E-state index in [1.165, 1.54) is 35.1 Å². The van der Waals surface area contributed by atoms with Gasteiger partial charge in [0.15, 0.2) is 0 Å².